The molecule has 136 valence electrons. The van der Waals surface area contributed by atoms with Crippen molar-refractivity contribution >= 4 is 17.8 Å². The molecule has 2 unspecified atom stereocenters. The van der Waals surface area contributed by atoms with Crippen LogP contribution in [0, 0.1) is 0 Å². The Balaban J connectivity index is 1.89. The van der Waals surface area contributed by atoms with Gasteiger partial charge in [-0.3, -0.25) is 9.69 Å². The number of amides is 1. The molecule has 2 atom stereocenters. The lowest BCUT2D eigenvalue weighted by Gasteiger charge is -2.36. The van der Waals surface area contributed by atoms with E-state index >= 15 is 0 Å². The van der Waals surface area contributed by atoms with Gasteiger partial charge in [-0.15, -0.1) is 0 Å². The van der Waals surface area contributed by atoms with Crippen LogP contribution in [0.5, 0.6) is 5.75 Å². The number of aliphatic imine (C=N–C) groups is 1. The monoisotopic (exact) mass is 346 g/mol. The van der Waals surface area contributed by atoms with E-state index < -0.39 is 6.35 Å². The van der Waals surface area contributed by atoms with Gasteiger partial charge in [0.25, 0.3) is 0 Å². The molecule has 1 fully saturated rings. The molecule has 3 rings (SSSR count). The number of carbonyl (C=O) groups excluding carboxylic acids is 1. The summed E-state index contributed by atoms with van der Waals surface area (Å²) >= 11 is 0. The topological polar surface area (TPSA) is 66.4 Å². The van der Waals surface area contributed by atoms with E-state index in [2.05, 4.69) is 10.3 Å². The minimum atomic E-state index is -0.642. The molecule has 0 bridgehead atoms. The Bertz CT molecular complexity index is 641. The third kappa shape index (κ3) is 4.18. The maximum atomic E-state index is 12.9. The van der Waals surface area contributed by atoms with Gasteiger partial charge in [0.2, 0.25) is 12.3 Å². The van der Waals surface area contributed by atoms with E-state index in [1.54, 1.807) is 18.2 Å². The highest BCUT2D eigenvalue weighted by molar-refractivity contribution is 6.02. The van der Waals surface area contributed by atoms with Gasteiger partial charge < -0.3 is 19.7 Å². The van der Waals surface area contributed by atoms with Crippen LogP contribution in [0.4, 0.5) is 5.69 Å². The minimum absolute atomic E-state index is 0.0508. The zero-order valence-corrected chi connectivity index (χ0v) is 15.1. The minimum Gasteiger partial charge on any atom is -0.497 e. The fourth-order valence-corrected chi connectivity index (χ4v) is 3.11. The first kappa shape index (κ1) is 17.8. The molecule has 0 aromatic heterocycles. The van der Waals surface area contributed by atoms with Crippen molar-refractivity contribution < 1.29 is 14.3 Å². The first-order chi connectivity index (χ1) is 12.1. The highest BCUT2D eigenvalue weighted by Gasteiger charge is 2.32. The molecule has 0 radical (unpaired) electrons. The molecule has 1 amide bonds. The van der Waals surface area contributed by atoms with Gasteiger partial charge in [-0.25, -0.2) is 4.99 Å². The average Bonchev–Trinajstić information content (AvgIpc) is 2.61. The van der Waals surface area contributed by atoms with E-state index in [9.17, 15) is 4.79 Å². The zero-order valence-electron chi connectivity index (χ0n) is 15.1. The van der Waals surface area contributed by atoms with Gasteiger partial charge >= 0.3 is 0 Å². The van der Waals surface area contributed by atoms with Crippen molar-refractivity contribution in [1.82, 2.24) is 10.2 Å². The standard InChI is InChI=1S/C18H26N4O3/c1-21(2)12-17(23)22-16-9-14(24-3)7-6-13(16)10-20-18(22)25-15-5-4-8-19-11-15/h6-7,9-10,15,18-19H,4-5,8,11-12H2,1-3H3. The second-order valence-electron chi connectivity index (χ2n) is 6.64. The van der Waals surface area contributed by atoms with Crippen LogP contribution in [-0.4, -0.2) is 70.3 Å². The number of hydrogen-bond acceptors (Lipinski definition) is 6. The first-order valence-electron chi connectivity index (χ1n) is 8.62. The highest BCUT2D eigenvalue weighted by Crippen LogP contribution is 2.31. The van der Waals surface area contributed by atoms with Crippen LogP contribution in [0.3, 0.4) is 0 Å². The Morgan fingerprint density at radius 3 is 2.96 bits per heavy atom. The van der Waals surface area contributed by atoms with Gasteiger partial charge in [0.05, 0.1) is 25.4 Å². The summed E-state index contributed by atoms with van der Waals surface area (Å²) < 4.78 is 11.5. The normalized spacial score (nSPS) is 22.8. The van der Waals surface area contributed by atoms with Gasteiger partial charge in [-0.1, -0.05) is 0 Å². The molecule has 7 heteroatoms. The molecule has 0 spiro atoms. The van der Waals surface area contributed by atoms with Crippen molar-refractivity contribution in [1.29, 1.82) is 0 Å². The summed E-state index contributed by atoms with van der Waals surface area (Å²) in [6, 6.07) is 5.64. The predicted molar refractivity (Wildman–Crippen MR) is 97.4 cm³/mol. The summed E-state index contributed by atoms with van der Waals surface area (Å²) in [5, 5.41) is 3.33. The van der Waals surface area contributed by atoms with Crippen molar-refractivity contribution in [2.24, 2.45) is 4.99 Å². The van der Waals surface area contributed by atoms with Crippen molar-refractivity contribution in [3.05, 3.63) is 23.8 Å². The molecular formula is C18H26N4O3. The van der Waals surface area contributed by atoms with Crippen LogP contribution in [0.15, 0.2) is 23.2 Å². The number of fused-ring (bicyclic) bond motifs is 1. The Morgan fingerprint density at radius 1 is 1.44 bits per heavy atom. The van der Waals surface area contributed by atoms with E-state index in [1.165, 1.54) is 0 Å². The summed E-state index contributed by atoms with van der Waals surface area (Å²) in [5.74, 6) is 0.653. The lowest BCUT2D eigenvalue weighted by molar-refractivity contribution is -0.123. The van der Waals surface area contributed by atoms with E-state index in [-0.39, 0.29) is 18.6 Å². The van der Waals surface area contributed by atoms with E-state index in [0.717, 1.165) is 37.2 Å². The lowest BCUT2D eigenvalue weighted by atomic mass is 10.1. The van der Waals surface area contributed by atoms with E-state index in [4.69, 9.17) is 9.47 Å². The number of methoxy groups -OCH3 is 1. The molecule has 1 saturated heterocycles. The summed E-state index contributed by atoms with van der Waals surface area (Å²) in [5.41, 5.74) is 1.66. The molecule has 2 aliphatic rings. The third-order valence-corrected chi connectivity index (χ3v) is 4.35. The molecule has 7 nitrogen and oxygen atoms in total. The SMILES string of the molecule is COc1ccc2c(c1)N(C(=O)CN(C)C)C(OC1CCCNC1)N=C2. The van der Waals surface area contributed by atoms with Crippen LogP contribution in [0.1, 0.15) is 18.4 Å². The Kier molecular flexibility index (Phi) is 5.67. The number of hydrogen-bond donors (Lipinski definition) is 1. The Hall–Kier alpha value is -1.96. The Morgan fingerprint density at radius 2 is 2.28 bits per heavy atom. The number of rotatable bonds is 5. The second-order valence-corrected chi connectivity index (χ2v) is 6.64. The van der Waals surface area contributed by atoms with Crippen molar-refractivity contribution in [2.45, 2.75) is 25.3 Å². The molecular weight excluding hydrogens is 320 g/mol. The molecule has 0 aliphatic carbocycles. The molecule has 1 N–H and O–H groups in total. The Labute approximate surface area is 148 Å². The van der Waals surface area contributed by atoms with Crippen LogP contribution in [0.2, 0.25) is 0 Å². The fraction of sp³-hybridized carbons (Fsp3) is 0.556. The zero-order chi connectivity index (χ0) is 17.8. The summed E-state index contributed by atoms with van der Waals surface area (Å²) in [6.45, 7) is 2.08. The molecule has 0 saturated carbocycles. The molecule has 2 aliphatic heterocycles. The van der Waals surface area contributed by atoms with Crippen LogP contribution >= 0.6 is 0 Å². The molecule has 2 heterocycles. The fourth-order valence-electron chi connectivity index (χ4n) is 3.11. The first-order valence-corrected chi connectivity index (χ1v) is 8.62. The van der Waals surface area contributed by atoms with Gasteiger partial charge in [0, 0.05) is 24.4 Å². The number of carbonyl (C=O) groups is 1. The lowest BCUT2D eigenvalue weighted by Crippen LogP contribution is -2.50. The van der Waals surface area contributed by atoms with Gasteiger partial charge in [0.15, 0.2) is 0 Å². The van der Waals surface area contributed by atoms with E-state index in [0.29, 0.717) is 5.75 Å². The summed E-state index contributed by atoms with van der Waals surface area (Å²) in [6.07, 6.45) is 3.22. The number of nitrogens with zero attached hydrogens (tertiary/aromatic N) is 3. The third-order valence-electron chi connectivity index (χ3n) is 4.35. The van der Waals surface area contributed by atoms with E-state index in [1.807, 2.05) is 37.2 Å². The number of nitrogens with one attached hydrogen (secondary N) is 1. The quantitative estimate of drug-likeness (QED) is 0.864. The number of ether oxygens (including phenoxy) is 2. The molecule has 1 aromatic carbocycles. The molecule has 1 aromatic rings. The number of piperidine rings is 1. The average molecular weight is 346 g/mol. The maximum Gasteiger partial charge on any atom is 0.244 e. The number of anilines is 1. The van der Waals surface area contributed by atoms with Crippen LogP contribution < -0.4 is 15.0 Å². The maximum absolute atomic E-state index is 12.9. The largest absolute Gasteiger partial charge is 0.497 e. The summed E-state index contributed by atoms with van der Waals surface area (Å²) in [7, 11) is 5.36. The van der Waals surface area contributed by atoms with Crippen LogP contribution in [0.25, 0.3) is 0 Å². The van der Waals surface area contributed by atoms with Crippen LogP contribution in [-0.2, 0) is 9.53 Å². The number of likely N-dealkylation sites (N-methyl/N-ethyl adjacent to an activating group) is 1. The van der Waals surface area contributed by atoms with Crippen molar-refractivity contribution in [2.75, 3.05) is 45.7 Å². The molecule has 25 heavy (non-hydrogen) atoms. The van der Waals surface area contributed by atoms with Gasteiger partial charge in [-0.05, 0) is 45.6 Å². The second kappa shape index (κ2) is 7.95. The van der Waals surface area contributed by atoms with Crippen molar-refractivity contribution in [3.63, 3.8) is 0 Å². The highest BCUT2D eigenvalue weighted by atomic mass is 16.5. The number of benzene rings is 1. The predicted octanol–water partition coefficient (Wildman–Crippen LogP) is 1.07. The van der Waals surface area contributed by atoms with Crippen molar-refractivity contribution in [3.8, 4) is 5.75 Å². The summed E-state index contributed by atoms with van der Waals surface area (Å²) in [4.78, 5) is 20.9. The van der Waals surface area contributed by atoms with Gasteiger partial charge in [-0.2, -0.15) is 0 Å². The smallest absolute Gasteiger partial charge is 0.244 e. The van der Waals surface area contributed by atoms with Gasteiger partial charge in [0.1, 0.15) is 5.75 Å².